The molecule has 1 aromatic carbocycles. The van der Waals surface area contributed by atoms with E-state index in [1.807, 2.05) is 26.0 Å². The zero-order chi connectivity index (χ0) is 15.6. The largest absolute Gasteiger partial charge is 0.483 e. The van der Waals surface area contributed by atoms with Gasteiger partial charge in [-0.05, 0) is 38.0 Å². The molecule has 21 heavy (non-hydrogen) atoms. The number of rotatable bonds is 3. The molecule has 1 saturated heterocycles. The molecule has 1 aliphatic rings. The second-order valence-corrected chi connectivity index (χ2v) is 5.10. The molecule has 0 aliphatic carbocycles. The van der Waals surface area contributed by atoms with Crippen LogP contribution in [0.25, 0.3) is 0 Å². The lowest BCUT2D eigenvalue weighted by Gasteiger charge is -2.31. The maximum atomic E-state index is 12.1. The van der Waals surface area contributed by atoms with E-state index in [0.29, 0.717) is 5.75 Å². The molecular formula is C15H18N2O4. The van der Waals surface area contributed by atoms with Crippen molar-refractivity contribution in [3.8, 4) is 5.75 Å². The Morgan fingerprint density at radius 2 is 2.10 bits per heavy atom. The van der Waals surface area contributed by atoms with Crippen LogP contribution in [-0.4, -0.2) is 41.8 Å². The molecule has 1 fully saturated rings. The molecule has 112 valence electrons. The summed E-state index contributed by atoms with van der Waals surface area (Å²) >= 11 is 0. The monoisotopic (exact) mass is 290 g/mol. The average molecular weight is 290 g/mol. The molecule has 0 radical (unpaired) electrons. The van der Waals surface area contributed by atoms with E-state index < -0.39 is 17.9 Å². The van der Waals surface area contributed by atoms with Crippen molar-refractivity contribution in [2.75, 3.05) is 13.2 Å². The molecule has 6 heteroatoms. The Morgan fingerprint density at radius 3 is 2.81 bits per heavy atom. The molecule has 1 aliphatic heterocycles. The van der Waals surface area contributed by atoms with Gasteiger partial charge in [-0.2, -0.15) is 0 Å². The number of carbonyl (C=O) groups excluding carboxylic acids is 3. The molecule has 1 aromatic rings. The Bertz CT molecular complexity index is 597. The van der Waals surface area contributed by atoms with Crippen molar-refractivity contribution in [1.29, 1.82) is 0 Å². The molecular weight excluding hydrogens is 272 g/mol. The number of benzene rings is 1. The number of hydrogen-bond donors (Lipinski definition) is 1. The number of piperazine rings is 1. The van der Waals surface area contributed by atoms with Crippen LogP contribution < -0.4 is 10.1 Å². The van der Waals surface area contributed by atoms with Crippen LogP contribution in [-0.2, 0) is 14.4 Å². The molecule has 1 unspecified atom stereocenters. The van der Waals surface area contributed by atoms with Crippen LogP contribution >= 0.6 is 0 Å². The van der Waals surface area contributed by atoms with Crippen LogP contribution in [0.15, 0.2) is 18.2 Å². The highest BCUT2D eigenvalue weighted by Crippen LogP contribution is 2.20. The summed E-state index contributed by atoms with van der Waals surface area (Å²) in [5, 5.41) is 2.19. The summed E-state index contributed by atoms with van der Waals surface area (Å²) in [5.41, 5.74) is 2.03. The van der Waals surface area contributed by atoms with Gasteiger partial charge in [0.25, 0.3) is 5.91 Å². The minimum absolute atomic E-state index is 0.123. The summed E-state index contributed by atoms with van der Waals surface area (Å²) in [7, 11) is 0. The average Bonchev–Trinajstić information content (AvgIpc) is 2.44. The van der Waals surface area contributed by atoms with Crippen LogP contribution in [0.3, 0.4) is 0 Å². The van der Waals surface area contributed by atoms with Crippen LogP contribution in [0.4, 0.5) is 0 Å². The zero-order valence-corrected chi connectivity index (χ0v) is 12.3. The van der Waals surface area contributed by atoms with E-state index >= 15 is 0 Å². The van der Waals surface area contributed by atoms with Gasteiger partial charge in [0.05, 0.1) is 0 Å². The van der Waals surface area contributed by atoms with E-state index in [9.17, 15) is 14.4 Å². The van der Waals surface area contributed by atoms with Crippen LogP contribution in [0.5, 0.6) is 5.75 Å². The van der Waals surface area contributed by atoms with Gasteiger partial charge in [-0.3, -0.25) is 19.7 Å². The standard InChI is InChI=1S/C15H18N2O4/c1-9-5-4-6-12(10(9)2)21-8-14(19)17-7-13(18)16-15(20)11(17)3/h4-6,11H,7-8H2,1-3H3,(H,16,18,20). The smallest absolute Gasteiger partial charge is 0.261 e. The quantitative estimate of drug-likeness (QED) is 0.825. The third kappa shape index (κ3) is 3.21. The molecule has 1 heterocycles. The van der Waals surface area contributed by atoms with Crippen LogP contribution in [0, 0.1) is 13.8 Å². The number of nitrogens with zero attached hydrogens (tertiary/aromatic N) is 1. The number of amides is 3. The Morgan fingerprint density at radius 1 is 1.38 bits per heavy atom. The molecule has 0 saturated carbocycles. The van der Waals surface area contributed by atoms with E-state index in [1.165, 1.54) is 4.90 Å². The molecule has 0 spiro atoms. The number of carbonyl (C=O) groups is 3. The topological polar surface area (TPSA) is 75.7 Å². The van der Waals surface area contributed by atoms with Crippen LogP contribution in [0.1, 0.15) is 18.1 Å². The van der Waals surface area contributed by atoms with E-state index in [2.05, 4.69) is 5.32 Å². The molecule has 0 bridgehead atoms. The number of nitrogens with one attached hydrogen (secondary N) is 1. The summed E-state index contributed by atoms with van der Waals surface area (Å²) in [4.78, 5) is 36.2. The minimum atomic E-state index is -0.669. The lowest BCUT2D eigenvalue weighted by Crippen LogP contribution is -2.59. The van der Waals surface area contributed by atoms with E-state index in [0.717, 1.165) is 11.1 Å². The number of aryl methyl sites for hydroxylation is 1. The Kier molecular flexibility index (Phi) is 4.26. The normalized spacial score (nSPS) is 18.4. The van der Waals surface area contributed by atoms with E-state index in [-0.39, 0.29) is 19.1 Å². The van der Waals surface area contributed by atoms with Gasteiger partial charge in [0.15, 0.2) is 6.61 Å². The van der Waals surface area contributed by atoms with Gasteiger partial charge in [0.2, 0.25) is 11.8 Å². The fourth-order valence-electron chi connectivity index (χ4n) is 2.12. The van der Waals surface area contributed by atoms with Gasteiger partial charge < -0.3 is 9.64 Å². The van der Waals surface area contributed by atoms with Gasteiger partial charge >= 0.3 is 0 Å². The van der Waals surface area contributed by atoms with Crippen molar-refractivity contribution >= 4 is 17.7 Å². The zero-order valence-electron chi connectivity index (χ0n) is 12.3. The van der Waals surface area contributed by atoms with Crippen molar-refractivity contribution in [1.82, 2.24) is 10.2 Å². The number of imide groups is 1. The number of ether oxygens (including phenoxy) is 1. The lowest BCUT2D eigenvalue weighted by molar-refractivity contribution is -0.150. The summed E-state index contributed by atoms with van der Waals surface area (Å²) < 4.78 is 5.52. The van der Waals surface area contributed by atoms with Crippen molar-refractivity contribution in [3.05, 3.63) is 29.3 Å². The van der Waals surface area contributed by atoms with Crippen molar-refractivity contribution in [2.45, 2.75) is 26.8 Å². The summed E-state index contributed by atoms with van der Waals surface area (Å²) in [6, 6.07) is 4.92. The molecule has 1 N–H and O–H groups in total. The van der Waals surface area contributed by atoms with Gasteiger partial charge in [-0.15, -0.1) is 0 Å². The second kappa shape index (κ2) is 5.95. The van der Waals surface area contributed by atoms with Crippen molar-refractivity contribution in [2.24, 2.45) is 0 Å². The van der Waals surface area contributed by atoms with Crippen molar-refractivity contribution in [3.63, 3.8) is 0 Å². The SMILES string of the molecule is Cc1cccc(OCC(=O)N2CC(=O)NC(=O)C2C)c1C. The first kappa shape index (κ1) is 15.0. The lowest BCUT2D eigenvalue weighted by atomic mass is 10.1. The predicted molar refractivity (Wildman–Crippen MR) is 75.7 cm³/mol. The summed E-state index contributed by atoms with van der Waals surface area (Å²) in [6.07, 6.45) is 0. The predicted octanol–water partition coefficient (Wildman–Crippen LogP) is 0.556. The van der Waals surface area contributed by atoms with Crippen molar-refractivity contribution < 1.29 is 19.1 Å². The summed E-state index contributed by atoms with van der Waals surface area (Å²) in [5.74, 6) is -0.695. The summed E-state index contributed by atoms with van der Waals surface area (Å²) in [6.45, 7) is 5.13. The first-order valence-electron chi connectivity index (χ1n) is 6.72. The van der Waals surface area contributed by atoms with E-state index in [1.54, 1.807) is 13.0 Å². The second-order valence-electron chi connectivity index (χ2n) is 5.10. The highest BCUT2D eigenvalue weighted by molar-refractivity contribution is 6.04. The van der Waals surface area contributed by atoms with E-state index in [4.69, 9.17) is 4.74 Å². The highest BCUT2D eigenvalue weighted by atomic mass is 16.5. The van der Waals surface area contributed by atoms with Gasteiger partial charge in [-0.25, -0.2) is 0 Å². The highest BCUT2D eigenvalue weighted by Gasteiger charge is 2.33. The number of hydrogen-bond acceptors (Lipinski definition) is 4. The van der Waals surface area contributed by atoms with Crippen LogP contribution in [0.2, 0.25) is 0 Å². The van der Waals surface area contributed by atoms with Gasteiger partial charge in [-0.1, -0.05) is 12.1 Å². The molecule has 0 aromatic heterocycles. The Balaban J connectivity index is 2.03. The fraction of sp³-hybridized carbons (Fsp3) is 0.400. The fourth-order valence-corrected chi connectivity index (χ4v) is 2.12. The molecule has 6 nitrogen and oxygen atoms in total. The Hall–Kier alpha value is -2.37. The minimum Gasteiger partial charge on any atom is -0.483 e. The third-order valence-corrected chi connectivity index (χ3v) is 3.65. The first-order valence-corrected chi connectivity index (χ1v) is 6.72. The molecule has 2 rings (SSSR count). The van der Waals surface area contributed by atoms with Gasteiger partial charge in [0.1, 0.15) is 18.3 Å². The molecule has 3 amide bonds. The Labute approximate surface area is 123 Å². The maximum absolute atomic E-state index is 12.1. The van der Waals surface area contributed by atoms with Gasteiger partial charge in [0, 0.05) is 0 Å². The molecule has 1 atom stereocenters. The maximum Gasteiger partial charge on any atom is 0.261 e. The first-order chi connectivity index (χ1) is 9.90. The third-order valence-electron chi connectivity index (χ3n) is 3.65.